The lowest BCUT2D eigenvalue weighted by Gasteiger charge is -2.11. The molecule has 5 nitrogen and oxygen atoms in total. The number of aromatic nitrogens is 1. The Morgan fingerprint density at radius 1 is 1.25 bits per heavy atom. The maximum absolute atomic E-state index is 12.3. The van der Waals surface area contributed by atoms with Gasteiger partial charge in [-0.05, 0) is 44.2 Å². The first-order chi connectivity index (χ1) is 9.44. The Hall–Kier alpha value is -1.79. The van der Waals surface area contributed by atoms with Gasteiger partial charge < -0.3 is 10.3 Å². The van der Waals surface area contributed by atoms with Crippen LogP contribution in [0.25, 0.3) is 0 Å². The van der Waals surface area contributed by atoms with E-state index in [2.05, 4.69) is 15.0 Å². The van der Waals surface area contributed by atoms with E-state index in [9.17, 15) is 8.42 Å². The van der Waals surface area contributed by atoms with Crippen LogP contribution in [-0.4, -0.2) is 20.4 Å². The number of H-pyrrole nitrogens is 1. The number of rotatable bonds is 5. The van der Waals surface area contributed by atoms with Crippen molar-refractivity contribution in [1.29, 1.82) is 0 Å². The first kappa shape index (κ1) is 14.6. The van der Waals surface area contributed by atoms with Crippen molar-refractivity contribution in [2.45, 2.75) is 25.3 Å². The Labute approximate surface area is 119 Å². The van der Waals surface area contributed by atoms with Crippen LogP contribution in [0.2, 0.25) is 0 Å². The van der Waals surface area contributed by atoms with Crippen molar-refractivity contribution in [3.63, 3.8) is 0 Å². The van der Waals surface area contributed by atoms with E-state index in [1.165, 1.54) is 6.20 Å². The SMILES string of the molecule is CNCc1cc(S(=O)(=O)Nc2cccc(C)c2C)c[nH]1. The molecule has 0 spiro atoms. The van der Waals surface area contributed by atoms with Crippen LogP contribution in [0.4, 0.5) is 5.69 Å². The average Bonchev–Trinajstić information content (AvgIpc) is 2.85. The average molecular weight is 293 g/mol. The number of sulfonamides is 1. The fourth-order valence-corrected chi connectivity index (χ4v) is 3.07. The van der Waals surface area contributed by atoms with E-state index < -0.39 is 10.0 Å². The van der Waals surface area contributed by atoms with Gasteiger partial charge >= 0.3 is 0 Å². The molecule has 3 N–H and O–H groups in total. The molecule has 108 valence electrons. The van der Waals surface area contributed by atoms with Gasteiger partial charge in [-0.1, -0.05) is 12.1 Å². The van der Waals surface area contributed by atoms with Crippen LogP contribution >= 0.6 is 0 Å². The summed E-state index contributed by atoms with van der Waals surface area (Å²) in [6, 6.07) is 7.18. The first-order valence-electron chi connectivity index (χ1n) is 6.35. The second-order valence-corrected chi connectivity index (χ2v) is 6.43. The molecule has 0 radical (unpaired) electrons. The highest BCUT2D eigenvalue weighted by molar-refractivity contribution is 7.92. The minimum atomic E-state index is -3.56. The number of nitrogens with one attached hydrogen (secondary N) is 3. The van der Waals surface area contributed by atoms with Crippen LogP contribution in [0, 0.1) is 13.8 Å². The van der Waals surface area contributed by atoms with Crippen LogP contribution < -0.4 is 10.0 Å². The van der Waals surface area contributed by atoms with Crippen molar-refractivity contribution in [3.05, 3.63) is 47.3 Å². The largest absolute Gasteiger partial charge is 0.363 e. The predicted octanol–water partition coefficient (Wildman–Crippen LogP) is 2.15. The van der Waals surface area contributed by atoms with E-state index in [-0.39, 0.29) is 4.90 Å². The molecule has 0 unspecified atom stereocenters. The van der Waals surface area contributed by atoms with E-state index >= 15 is 0 Å². The molecule has 6 heteroatoms. The van der Waals surface area contributed by atoms with Crippen molar-refractivity contribution in [3.8, 4) is 0 Å². The van der Waals surface area contributed by atoms with Crippen LogP contribution in [0.1, 0.15) is 16.8 Å². The molecule has 1 aromatic heterocycles. The summed E-state index contributed by atoms with van der Waals surface area (Å²) in [4.78, 5) is 3.18. The Morgan fingerprint density at radius 3 is 2.70 bits per heavy atom. The standard InChI is InChI=1S/C14H19N3O2S/c1-10-5-4-6-14(11(10)2)17-20(18,19)13-7-12(8-15-3)16-9-13/h4-7,9,15-17H,8H2,1-3H3. The van der Waals surface area contributed by atoms with Gasteiger partial charge in [-0.3, -0.25) is 4.72 Å². The highest BCUT2D eigenvalue weighted by Gasteiger charge is 2.17. The summed E-state index contributed by atoms with van der Waals surface area (Å²) < 4.78 is 27.3. The number of hydrogen-bond donors (Lipinski definition) is 3. The Balaban J connectivity index is 2.28. The van der Waals surface area contributed by atoms with E-state index in [4.69, 9.17) is 0 Å². The van der Waals surface area contributed by atoms with Gasteiger partial charge in [0.05, 0.1) is 5.69 Å². The zero-order chi connectivity index (χ0) is 14.8. The van der Waals surface area contributed by atoms with E-state index in [0.717, 1.165) is 16.8 Å². The van der Waals surface area contributed by atoms with Gasteiger partial charge in [-0.25, -0.2) is 8.42 Å². The number of aryl methyl sites for hydroxylation is 1. The Kier molecular flexibility index (Phi) is 4.15. The third-order valence-corrected chi connectivity index (χ3v) is 4.59. The maximum atomic E-state index is 12.3. The third kappa shape index (κ3) is 3.02. The summed E-state index contributed by atoms with van der Waals surface area (Å²) in [5.74, 6) is 0. The van der Waals surface area contributed by atoms with Crippen molar-refractivity contribution in [2.75, 3.05) is 11.8 Å². The molecule has 0 atom stereocenters. The lowest BCUT2D eigenvalue weighted by Crippen LogP contribution is -2.13. The van der Waals surface area contributed by atoms with Gasteiger partial charge in [-0.15, -0.1) is 0 Å². The molecular weight excluding hydrogens is 274 g/mol. The Bertz CT molecular complexity index is 705. The van der Waals surface area contributed by atoms with Gasteiger partial charge in [0.15, 0.2) is 0 Å². The molecule has 2 aromatic rings. The minimum Gasteiger partial charge on any atom is -0.363 e. The maximum Gasteiger partial charge on any atom is 0.263 e. The highest BCUT2D eigenvalue weighted by atomic mass is 32.2. The number of benzene rings is 1. The molecule has 1 heterocycles. The van der Waals surface area contributed by atoms with Gasteiger partial charge in [0.1, 0.15) is 4.90 Å². The van der Waals surface area contributed by atoms with E-state index in [1.54, 1.807) is 12.1 Å². The molecule has 0 fully saturated rings. The van der Waals surface area contributed by atoms with Gasteiger partial charge in [0, 0.05) is 18.4 Å². The van der Waals surface area contributed by atoms with Gasteiger partial charge in [0.2, 0.25) is 0 Å². The molecule has 2 rings (SSSR count). The zero-order valence-electron chi connectivity index (χ0n) is 11.8. The molecule has 0 amide bonds. The summed E-state index contributed by atoms with van der Waals surface area (Å²) in [5.41, 5.74) is 3.42. The summed E-state index contributed by atoms with van der Waals surface area (Å²) in [5, 5.41) is 2.97. The molecule has 0 aliphatic heterocycles. The van der Waals surface area contributed by atoms with Gasteiger partial charge in [0.25, 0.3) is 10.0 Å². The first-order valence-corrected chi connectivity index (χ1v) is 7.83. The molecule has 0 saturated carbocycles. The monoisotopic (exact) mass is 293 g/mol. The molecule has 0 aliphatic rings. The summed E-state index contributed by atoms with van der Waals surface area (Å²) in [6.07, 6.45) is 1.50. The number of hydrogen-bond acceptors (Lipinski definition) is 3. The topological polar surface area (TPSA) is 74.0 Å². The van der Waals surface area contributed by atoms with Crippen LogP contribution in [0.5, 0.6) is 0 Å². The van der Waals surface area contributed by atoms with Crippen molar-refractivity contribution < 1.29 is 8.42 Å². The quantitative estimate of drug-likeness (QED) is 0.791. The number of aromatic amines is 1. The van der Waals surface area contributed by atoms with Crippen molar-refractivity contribution >= 4 is 15.7 Å². The Morgan fingerprint density at radius 2 is 2.00 bits per heavy atom. The normalized spacial score (nSPS) is 11.6. The lowest BCUT2D eigenvalue weighted by atomic mass is 10.1. The number of anilines is 1. The van der Waals surface area contributed by atoms with E-state index in [0.29, 0.717) is 12.2 Å². The molecule has 20 heavy (non-hydrogen) atoms. The second kappa shape index (κ2) is 5.68. The minimum absolute atomic E-state index is 0.239. The molecule has 0 aliphatic carbocycles. The summed E-state index contributed by atoms with van der Waals surface area (Å²) in [6.45, 7) is 4.45. The van der Waals surface area contributed by atoms with E-state index in [1.807, 2.05) is 33.0 Å². The third-order valence-electron chi connectivity index (χ3n) is 3.24. The molecular formula is C14H19N3O2S. The summed E-state index contributed by atoms with van der Waals surface area (Å²) in [7, 11) is -1.75. The predicted molar refractivity (Wildman–Crippen MR) is 80.3 cm³/mol. The highest BCUT2D eigenvalue weighted by Crippen LogP contribution is 2.22. The molecule has 0 bridgehead atoms. The van der Waals surface area contributed by atoms with Crippen molar-refractivity contribution in [2.24, 2.45) is 0 Å². The van der Waals surface area contributed by atoms with Gasteiger partial charge in [-0.2, -0.15) is 0 Å². The van der Waals surface area contributed by atoms with Crippen molar-refractivity contribution in [1.82, 2.24) is 10.3 Å². The smallest absolute Gasteiger partial charge is 0.263 e. The van der Waals surface area contributed by atoms with Crippen LogP contribution in [0.15, 0.2) is 35.4 Å². The fraction of sp³-hybridized carbons (Fsp3) is 0.286. The van der Waals surface area contributed by atoms with Crippen LogP contribution in [0.3, 0.4) is 0 Å². The molecule has 1 aromatic carbocycles. The second-order valence-electron chi connectivity index (χ2n) is 4.74. The van der Waals surface area contributed by atoms with Crippen LogP contribution in [-0.2, 0) is 16.6 Å². The molecule has 0 saturated heterocycles. The fourth-order valence-electron chi connectivity index (χ4n) is 1.93. The summed E-state index contributed by atoms with van der Waals surface area (Å²) >= 11 is 0. The zero-order valence-corrected chi connectivity index (χ0v) is 12.6. The lowest BCUT2D eigenvalue weighted by molar-refractivity contribution is 0.601.